The largest absolute Gasteiger partial charge is 0.310 e. The van der Waals surface area contributed by atoms with Gasteiger partial charge in [-0.2, -0.15) is 0 Å². The van der Waals surface area contributed by atoms with Crippen LogP contribution in [-0.4, -0.2) is 6.71 Å². The molecule has 84 heavy (non-hydrogen) atoms. The fourth-order valence-corrected chi connectivity index (χ4v) is 13.2. The third-order valence-corrected chi connectivity index (χ3v) is 17.4. The summed E-state index contributed by atoms with van der Waals surface area (Å²) in [5, 5.41) is 0. The summed E-state index contributed by atoms with van der Waals surface area (Å²) in [7, 11) is 0. The molecule has 0 radical (unpaired) electrons. The number of aryl methyl sites for hydroxylation is 1. The number of anilines is 6. The molecule has 0 unspecified atom stereocenters. The summed E-state index contributed by atoms with van der Waals surface area (Å²) in [4.78, 5) is 5.30. The van der Waals surface area contributed by atoms with E-state index in [9.17, 15) is 0 Å². The van der Waals surface area contributed by atoms with Gasteiger partial charge in [-0.15, -0.1) is 0 Å². The molecule has 2 nitrogen and oxygen atoms in total. The van der Waals surface area contributed by atoms with Gasteiger partial charge in [-0.05, 0) is 143 Å². The van der Waals surface area contributed by atoms with E-state index in [0.29, 0.717) is 0 Å². The Balaban J connectivity index is 1.10. The van der Waals surface area contributed by atoms with Gasteiger partial charge in [0.15, 0.2) is 0 Å². The van der Waals surface area contributed by atoms with Crippen molar-refractivity contribution in [3.63, 3.8) is 0 Å². The van der Waals surface area contributed by atoms with Gasteiger partial charge >= 0.3 is 0 Å². The molecule has 2 aliphatic heterocycles. The monoisotopic (exact) mass is 1080 g/mol. The summed E-state index contributed by atoms with van der Waals surface area (Å²) in [5.74, 6) is 0. The highest BCUT2D eigenvalue weighted by molar-refractivity contribution is 7.00. The highest BCUT2D eigenvalue weighted by atomic mass is 15.2. The van der Waals surface area contributed by atoms with E-state index in [1.807, 2.05) is 0 Å². The summed E-state index contributed by atoms with van der Waals surface area (Å²) in [6, 6.07) is 105. The van der Waals surface area contributed by atoms with E-state index in [-0.39, 0.29) is 17.5 Å². The van der Waals surface area contributed by atoms with Crippen LogP contribution in [0, 0.1) is 6.92 Å². The molecule has 12 aromatic carbocycles. The van der Waals surface area contributed by atoms with Crippen molar-refractivity contribution in [2.45, 2.75) is 59.3 Å². The van der Waals surface area contributed by atoms with Crippen molar-refractivity contribution in [3.8, 4) is 77.9 Å². The van der Waals surface area contributed by atoms with Gasteiger partial charge in [-0.25, -0.2) is 0 Å². The molecule has 2 aliphatic rings. The lowest BCUT2D eigenvalue weighted by atomic mass is 9.33. The Morgan fingerprint density at radius 3 is 0.929 bits per heavy atom. The lowest BCUT2D eigenvalue weighted by Crippen LogP contribution is -2.61. The van der Waals surface area contributed by atoms with Crippen LogP contribution in [-0.2, 0) is 10.8 Å². The Kier molecular flexibility index (Phi) is 13.1. The van der Waals surface area contributed by atoms with E-state index >= 15 is 0 Å². The number of para-hydroxylation sites is 2. The normalized spacial score (nSPS) is 12.6. The zero-order valence-electron chi connectivity index (χ0n) is 49.0. The fourth-order valence-electron chi connectivity index (χ4n) is 13.2. The maximum absolute atomic E-state index is 2.65. The van der Waals surface area contributed by atoms with E-state index in [1.165, 1.54) is 100 Å². The van der Waals surface area contributed by atoms with Crippen molar-refractivity contribution in [1.82, 2.24) is 0 Å². The van der Waals surface area contributed by atoms with Crippen molar-refractivity contribution in [1.29, 1.82) is 0 Å². The van der Waals surface area contributed by atoms with Crippen LogP contribution in [0.15, 0.2) is 279 Å². The van der Waals surface area contributed by atoms with Crippen LogP contribution in [0.2, 0.25) is 0 Å². The van der Waals surface area contributed by atoms with E-state index in [2.05, 4.69) is 337 Å². The first kappa shape index (κ1) is 52.4. The van der Waals surface area contributed by atoms with Gasteiger partial charge in [0, 0.05) is 45.0 Å². The molecular formula is C81H67BN2. The number of hydrogen-bond acceptors (Lipinski definition) is 2. The Morgan fingerprint density at radius 2 is 0.571 bits per heavy atom. The average molecular weight is 1080 g/mol. The molecule has 0 fully saturated rings. The summed E-state index contributed by atoms with van der Waals surface area (Å²) >= 11 is 0. The van der Waals surface area contributed by atoms with Crippen LogP contribution in [0.25, 0.3) is 77.9 Å². The molecule has 404 valence electrons. The number of benzene rings is 12. The minimum absolute atomic E-state index is 0.104. The summed E-state index contributed by atoms with van der Waals surface area (Å²) in [6.07, 6.45) is 0. The predicted molar refractivity (Wildman–Crippen MR) is 361 cm³/mol. The molecule has 0 atom stereocenters. The van der Waals surface area contributed by atoms with Gasteiger partial charge in [0.1, 0.15) is 0 Å². The highest BCUT2D eigenvalue weighted by Gasteiger charge is 2.45. The molecular weight excluding hydrogens is 1010 g/mol. The van der Waals surface area contributed by atoms with E-state index in [0.717, 1.165) is 44.9 Å². The molecule has 0 N–H and O–H groups in total. The van der Waals surface area contributed by atoms with Gasteiger partial charge in [0.25, 0.3) is 6.71 Å². The number of fused-ring (bicyclic) bond motifs is 4. The molecule has 0 amide bonds. The van der Waals surface area contributed by atoms with Crippen molar-refractivity contribution in [3.05, 3.63) is 296 Å². The van der Waals surface area contributed by atoms with Crippen molar-refractivity contribution in [2.75, 3.05) is 9.80 Å². The number of nitrogens with zero attached hydrogens (tertiary/aromatic N) is 2. The first-order chi connectivity index (χ1) is 40.9. The summed E-state index contributed by atoms with van der Waals surface area (Å²) < 4.78 is 0. The van der Waals surface area contributed by atoms with Gasteiger partial charge in [0.2, 0.25) is 0 Å². The van der Waals surface area contributed by atoms with Gasteiger partial charge in [-0.1, -0.05) is 284 Å². The first-order valence-electron chi connectivity index (χ1n) is 29.7. The van der Waals surface area contributed by atoms with Crippen molar-refractivity contribution >= 4 is 57.2 Å². The van der Waals surface area contributed by atoms with Gasteiger partial charge in [-0.3, -0.25) is 0 Å². The molecule has 2 heterocycles. The standard InChI is InChI=1S/C81H67BN2/c1-54-24-17-34-61(48-54)67-38-21-39-68(62-35-18-31-58(49-62)55-25-11-8-12-26-55)78(67)83-73-46-44-65(80(2,3)4)52-71(73)82-72-53-66(81(5,6)7)45-47-74(72)84(76-43-23-42-75(83)77(76)82)79-69(63-36-19-32-59(50-63)56-27-13-9-14-28-56)40-22-41-70(79)64-37-20-33-60(51-64)57-29-15-10-16-30-57/h8-53H,1-7H3. The molecule has 12 aromatic rings. The number of rotatable bonds is 9. The number of hydrogen-bond donors (Lipinski definition) is 0. The Hall–Kier alpha value is -9.70. The molecule has 0 aromatic heterocycles. The maximum atomic E-state index is 2.65. The van der Waals surface area contributed by atoms with Crippen LogP contribution < -0.4 is 26.2 Å². The van der Waals surface area contributed by atoms with Crippen molar-refractivity contribution < 1.29 is 0 Å². The van der Waals surface area contributed by atoms with Crippen LogP contribution >= 0.6 is 0 Å². The molecule has 0 saturated carbocycles. The van der Waals surface area contributed by atoms with Crippen LogP contribution in [0.1, 0.15) is 58.2 Å². The van der Waals surface area contributed by atoms with Crippen LogP contribution in [0.4, 0.5) is 34.1 Å². The van der Waals surface area contributed by atoms with E-state index in [4.69, 9.17) is 0 Å². The SMILES string of the molecule is Cc1cccc(-c2cccc(-c3cccc(-c4ccccc4)c3)c2N2c3ccc(C(C)(C)C)cc3B3c4cc(C(C)(C)C)ccc4N(c4c(-c5cccc(-c6ccccc6)c5)cccc4-c4cccc(-c5ccccc5)c4)c4cccc2c43)c1. The average Bonchev–Trinajstić information content (AvgIpc) is 0.925. The zero-order valence-corrected chi connectivity index (χ0v) is 49.0. The van der Waals surface area contributed by atoms with E-state index in [1.54, 1.807) is 0 Å². The fraction of sp³-hybridized carbons (Fsp3) is 0.111. The van der Waals surface area contributed by atoms with Crippen LogP contribution in [0.3, 0.4) is 0 Å². The smallest absolute Gasteiger partial charge is 0.252 e. The Bertz CT molecular complexity index is 4370. The minimum Gasteiger partial charge on any atom is -0.310 e. The van der Waals surface area contributed by atoms with Gasteiger partial charge < -0.3 is 9.80 Å². The second kappa shape index (κ2) is 20.9. The molecule has 0 spiro atoms. The third-order valence-electron chi connectivity index (χ3n) is 17.4. The first-order valence-corrected chi connectivity index (χ1v) is 29.7. The predicted octanol–water partition coefficient (Wildman–Crippen LogP) is 20.3. The second-order valence-electron chi connectivity index (χ2n) is 25.0. The third kappa shape index (κ3) is 9.35. The van der Waals surface area contributed by atoms with Gasteiger partial charge in [0.05, 0.1) is 11.4 Å². The molecule has 0 aliphatic carbocycles. The maximum Gasteiger partial charge on any atom is 0.252 e. The zero-order chi connectivity index (χ0) is 57.3. The molecule has 3 heteroatoms. The minimum atomic E-state index is -0.120. The Morgan fingerprint density at radius 1 is 0.262 bits per heavy atom. The highest BCUT2D eigenvalue weighted by Crippen LogP contribution is 2.53. The second-order valence-corrected chi connectivity index (χ2v) is 25.0. The molecule has 0 saturated heterocycles. The lowest BCUT2D eigenvalue weighted by Gasteiger charge is -2.46. The van der Waals surface area contributed by atoms with Crippen molar-refractivity contribution in [2.24, 2.45) is 0 Å². The Labute approximate surface area is 497 Å². The molecule has 14 rings (SSSR count). The quantitative estimate of drug-likeness (QED) is 0.133. The summed E-state index contributed by atoms with van der Waals surface area (Å²) in [6.45, 7) is 16.2. The summed E-state index contributed by atoms with van der Waals surface area (Å²) in [5.41, 5.74) is 30.9. The van der Waals surface area contributed by atoms with Crippen LogP contribution in [0.5, 0.6) is 0 Å². The lowest BCUT2D eigenvalue weighted by molar-refractivity contribution is 0.590. The molecule has 0 bridgehead atoms. The topological polar surface area (TPSA) is 6.48 Å². The van der Waals surface area contributed by atoms with E-state index < -0.39 is 0 Å².